The van der Waals surface area contributed by atoms with Crippen molar-refractivity contribution in [2.45, 2.75) is 32.4 Å². The molecule has 1 aromatic rings. The maximum absolute atomic E-state index is 14.0. The lowest BCUT2D eigenvalue weighted by Crippen LogP contribution is -2.48. The molecule has 0 bridgehead atoms. The van der Waals surface area contributed by atoms with E-state index in [9.17, 15) is 14.0 Å². The summed E-state index contributed by atoms with van der Waals surface area (Å²) in [5, 5.41) is 2.56. The minimum atomic E-state index is -0.841. The van der Waals surface area contributed by atoms with Gasteiger partial charge in [-0.2, -0.15) is 0 Å². The van der Waals surface area contributed by atoms with Gasteiger partial charge in [-0.3, -0.25) is 4.90 Å². The van der Waals surface area contributed by atoms with E-state index in [2.05, 4.69) is 5.32 Å². The average Bonchev–Trinajstić information content (AvgIpc) is 2.58. The minimum absolute atomic E-state index is 0.0771. The van der Waals surface area contributed by atoms with E-state index in [-0.39, 0.29) is 23.1 Å². The molecule has 138 valence electrons. The van der Waals surface area contributed by atoms with E-state index >= 15 is 0 Å². The summed E-state index contributed by atoms with van der Waals surface area (Å²) in [7, 11) is 1.39. The van der Waals surface area contributed by atoms with Gasteiger partial charge >= 0.3 is 12.2 Å². The highest BCUT2D eigenvalue weighted by atomic mass is 35.5. The Morgan fingerprint density at radius 2 is 2.16 bits per heavy atom. The first-order valence-electron chi connectivity index (χ1n) is 7.90. The molecule has 1 unspecified atom stereocenters. The van der Waals surface area contributed by atoms with Gasteiger partial charge < -0.3 is 19.5 Å². The Morgan fingerprint density at radius 1 is 1.40 bits per heavy atom. The third-order valence-electron chi connectivity index (χ3n) is 3.69. The Bertz CT molecular complexity index is 643. The lowest BCUT2D eigenvalue weighted by molar-refractivity contribution is -0.0428. The van der Waals surface area contributed by atoms with Crippen LogP contribution in [0.3, 0.4) is 0 Å². The number of methoxy groups -OCH3 is 1. The molecule has 9 heteroatoms. The van der Waals surface area contributed by atoms with Crippen LogP contribution in [0.2, 0.25) is 5.02 Å². The van der Waals surface area contributed by atoms with Crippen molar-refractivity contribution in [2.24, 2.45) is 0 Å². The molecule has 0 saturated carbocycles. The molecule has 1 fully saturated rings. The Labute approximate surface area is 150 Å². The van der Waals surface area contributed by atoms with Crippen LogP contribution in [0.25, 0.3) is 0 Å². The topological polar surface area (TPSA) is 77.1 Å². The third kappa shape index (κ3) is 4.88. The molecule has 2 amide bonds. The van der Waals surface area contributed by atoms with Crippen LogP contribution in [0.15, 0.2) is 12.1 Å². The summed E-state index contributed by atoms with van der Waals surface area (Å²) in [6, 6.07) is 1.76. The maximum atomic E-state index is 14.0. The Balaban J connectivity index is 2.11. The summed E-state index contributed by atoms with van der Waals surface area (Å²) in [5.41, 5.74) is -0.0771. The van der Waals surface area contributed by atoms with E-state index in [0.717, 1.165) is 18.9 Å². The van der Waals surface area contributed by atoms with Gasteiger partial charge in [0.2, 0.25) is 0 Å². The van der Waals surface area contributed by atoms with Gasteiger partial charge in [-0.05, 0) is 25.8 Å². The summed E-state index contributed by atoms with van der Waals surface area (Å²) >= 11 is 5.84. The zero-order valence-electron chi connectivity index (χ0n) is 14.0. The van der Waals surface area contributed by atoms with Crippen molar-refractivity contribution in [2.75, 3.05) is 25.6 Å². The van der Waals surface area contributed by atoms with Crippen LogP contribution in [-0.4, -0.2) is 43.6 Å². The molecule has 0 aliphatic carbocycles. The fraction of sp³-hybridized carbons (Fsp3) is 0.500. The number of hydrogen-bond acceptors (Lipinski definition) is 5. The molecule has 1 aliphatic heterocycles. The first-order chi connectivity index (χ1) is 12.0. The summed E-state index contributed by atoms with van der Waals surface area (Å²) < 4.78 is 28.9. The molecule has 1 aliphatic rings. The van der Waals surface area contributed by atoms with E-state index in [1.165, 1.54) is 18.1 Å². The van der Waals surface area contributed by atoms with Gasteiger partial charge in [-0.15, -0.1) is 0 Å². The molecule has 1 atom stereocenters. The van der Waals surface area contributed by atoms with Crippen molar-refractivity contribution in [1.82, 2.24) is 4.90 Å². The van der Waals surface area contributed by atoms with Crippen LogP contribution in [0, 0.1) is 5.82 Å². The van der Waals surface area contributed by atoms with Crippen molar-refractivity contribution in [3.05, 3.63) is 23.0 Å². The molecule has 0 spiro atoms. The van der Waals surface area contributed by atoms with Crippen molar-refractivity contribution in [3.63, 3.8) is 0 Å². The number of carbonyl (C=O) groups excluding carboxylic acids is 2. The van der Waals surface area contributed by atoms with E-state index in [4.69, 9.17) is 25.8 Å². The number of nitrogens with one attached hydrogen (secondary N) is 1. The number of anilines is 1. The predicted octanol–water partition coefficient (Wildman–Crippen LogP) is 4.00. The second-order valence-electron chi connectivity index (χ2n) is 5.34. The lowest BCUT2D eigenvalue weighted by Gasteiger charge is -2.34. The molecule has 1 saturated heterocycles. The summed E-state index contributed by atoms with van der Waals surface area (Å²) in [6.45, 7) is 2.21. The summed E-state index contributed by atoms with van der Waals surface area (Å²) in [5.74, 6) is -0.463. The number of carbonyl (C=O) groups is 2. The number of likely N-dealkylation sites (tertiary alicyclic amines) is 1. The molecular weight excluding hydrogens is 355 g/mol. The SMILES string of the molecule is CCOC(=O)OC1CCCCN1C(=O)Nc1cc(OC)c(Cl)cc1F. The van der Waals surface area contributed by atoms with Gasteiger partial charge in [0.25, 0.3) is 0 Å². The zero-order valence-corrected chi connectivity index (χ0v) is 14.8. The highest BCUT2D eigenvalue weighted by Gasteiger charge is 2.30. The van der Waals surface area contributed by atoms with Gasteiger partial charge in [0.05, 0.1) is 24.4 Å². The first kappa shape index (κ1) is 19.1. The number of rotatable bonds is 4. The summed E-state index contributed by atoms with van der Waals surface area (Å²) in [6.07, 6.45) is 0.439. The summed E-state index contributed by atoms with van der Waals surface area (Å²) in [4.78, 5) is 25.3. The van der Waals surface area contributed by atoms with Gasteiger partial charge in [0.15, 0.2) is 6.23 Å². The van der Waals surface area contributed by atoms with Crippen LogP contribution in [-0.2, 0) is 9.47 Å². The minimum Gasteiger partial charge on any atom is -0.495 e. The van der Waals surface area contributed by atoms with E-state index in [0.29, 0.717) is 13.0 Å². The van der Waals surface area contributed by atoms with Crippen molar-refractivity contribution < 1.29 is 28.2 Å². The number of hydrogen-bond donors (Lipinski definition) is 1. The van der Waals surface area contributed by atoms with Crippen LogP contribution in [0.1, 0.15) is 26.2 Å². The number of amides is 2. The second-order valence-corrected chi connectivity index (χ2v) is 5.75. The second kappa shape index (κ2) is 8.75. The number of benzene rings is 1. The quantitative estimate of drug-likeness (QED) is 0.806. The fourth-order valence-corrected chi connectivity index (χ4v) is 2.71. The van der Waals surface area contributed by atoms with E-state index < -0.39 is 24.2 Å². The number of halogens is 2. The molecule has 7 nitrogen and oxygen atoms in total. The molecule has 0 aromatic heterocycles. The molecule has 2 rings (SSSR count). The van der Waals surface area contributed by atoms with Crippen LogP contribution < -0.4 is 10.1 Å². The Morgan fingerprint density at radius 3 is 2.84 bits per heavy atom. The van der Waals surface area contributed by atoms with E-state index in [1.807, 2.05) is 0 Å². The largest absolute Gasteiger partial charge is 0.510 e. The number of nitrogens with zero attached hydrogens (tertiary/aromatic N) is 1. The smallest absolute Gasteiger partial charge is 0.495 e. The number of piperidine rings is 1. The van der Waals surface area contributed by atoms with Crippen LogP contribution in [0.4, 0.5) is 19.7 Å². The van der Waals surface area contributed by atoms with Crippen LogP contribution >= 0.6 is 11.6 Å². The number of urea groups is 1. The van der Waals surface area contributed by atoms with Crippen molar-refractivity contribution in [1.29, 1.82) is 0 Å². The van der Waals surface area contributed by atoms with Gasteiger partial charge in [0.1, 0.15) is 11.6 Å². The molecule has 0 radical (unpaired) electrons. The predicted molar refractivity (Wildman–Crippen MR) is 89.4 cm³/mol. The van der Waals surface area contributed by atoms with Gasteiger partial charge in [0, 0.05) is 19.0 Å². The standard InChI is InChI=1S/C16H20ClFN2O5/c1-3-24-16(22)25-14-6-4-5-7-20(14)15(21)19-12-9-13(23-2)10(17)8-11(12)18/h8-9,14H,3-7H2,1-2H3,(H,19,21). The zero-order chi connectivity index (χ0) is 18.4. The monoisotopic (exact) mass is 374 g/mol. The van der Waals surface area contributed by atoms with E-state index in [1.54, 1.807) is 6.92 Å². The Kier molecular flexibility index (Phi) is 6.69. The highest BCUT2D eigenvalue weighted by Crippen LogP contribution is 2.30. The third-order valence-corrected chi connectivity index (χ3v) is 3.98. The fourth-order valence-electron chi connectivity index (χ4n) is 2.49. The maximum Gasteiger partial charge on any atom is 0.510 e. The van der Waals surface area contributed by atoms with Crippen LogP contribution in [0.5, 0.6) is 5.75 Å². The normalized spacial score (nSPS) is 17.0. The average molecular weight is 375 g/mol. The first-order valence-corrected chi connectivity index (χ1v) is 8.28. The number of ether oxygens (including phenoxy) is 3. The molecule has 1 N–H and O–H groups in total. The molecule has 1 aromatic carbocycles. The molecule has 1 heterocycles. The lowest BCUT2D eigenvalue weighted by atomic mass is 10.1. The molecule has 25 heavy (non-hydrogen) atoms. The highest BCUT2D eigenvalue weighted by molar-refractivity contribution is 6.32. The van der Waals surface area contributed by atoms with Crippen molar-refractivity contribution in [3.8, 4) is 5.75 Å². The van der Waals surface area contributed by atoms with Gasteiger partial charge in [-0.25, -0.2) is 14.0 Å². The van der Waals surface area contributed by atoms with Crippen molar-refractivity contribution >= 4 is 29.5 Å². The van der Waals surface area contributed by atoms with Gasteiger partial charge in [-0.1, -0.05) is 11.6 Å². The Hall–Kier alpha value is -2.22. The molecular formula is C16H20ClFN2O5.